The van der Waals surface area contributed by atoms with Gasteiger partial charge in [-0.05, 0) is 75.0 Å². The topological polar surface area (TPSA) is 38.8 Å². The van der Waals surface area contributed by atoms with Crippen LogP contribution in [0.5, 0.6) is 0 Å². The molecule has 3 fully saturated rings. The number of amides is 1. The summed E-state index contributed by atoms with van der Waals surface area (Å²) >= 11 is 0. The summed E-state index contributed by atoms with van der Waals surface area (Å²) in [4.78, 5) is 14.6. The van der Waals surface area contributed by atoms with Crippen molar-refractivity contribution in [2.75, 3.05) is 32.9 Å². The van der Waals surface area contributed by atoms with Gasteiger partial charge in [-0.1, -0.05) is 6.07 Å². The quantitative estimate of drug-likeness (QED) is 0.707. The second-order valence-corrected chi connectivity index (χ2v) is 8.46. The number of piperidine rings is 1. The molecule has 2 heterocycles. The molecule has 5 heteroatoms. The maximum atomic E-state index is 13.8. The van der Waals surface area contributed by atoms with Crippen LogP contribution in [0.15, 0.2) is 18.2 Å². The van der Waals surface area contributed by atoms with Gasteiger partial charge in [-0.15, -0.1) is 0 Å². The van der Waals surface area contributed by atoms with E-state index in [4.69, 9.17) is 9.47 Å². The third kappa shape index (κ3) is 4.19. The van der Waals surface area contributed by atoms with E-state index in [1.54, 1.807) is 19.1 Å². The van der Waals surface area contributed by atoms with E-state index in [0.717, 1.165) is 51.4 Å². The van der Waals surface area contributed by atoms with Crippen LogP contribution < -0.4 is 0 Å². The van der Waals surface area contributed by atoms with E-state index in [1.165, 1.54) is 18.9 Å². The summed E-state index contributed by atoms with van der Waals surface area (Å²) in [6.45, 7) is 5.60. The molecule has 2 aliphatic heterocycles. The summed E-state index contributed by atoms with van der Waals surface area (Å²) in [6, 6.07) is 4.75. The number of rotatable bonds is 6. The lowest BCUT2D eigenvalue weighted by Gasteiger charge is -2.42. The molecule has 0 bridgehead atoms. The molecule has 0 N–H and O–H groups in total. The van der Waals surface area contributed by atoms with Crippen molar-refractivity contribution < 1.29 is 18.7 Å². The normalized spacial score (nSPS) is 24.5. The largest absolute Gasteiger partial charge is 0.381 e. The third-order valence-corrected chi connectivity index (χ3v) is 6.58. The Morgan fingerprint density at radius 3 is 2.78 bits per heavy atom. The Kier molecular flexibility index (Phi) is 5.51. The first-order valence-corrected chi connectivity index (χ1v) is 10.3. The van der Waals surface area contributed by atoms with Crippen molar-refractivity contribution in [1.29, 1.82) is 0 Å². The molecule has 0 aromatic heterocycles. The Hall–Kier alpha value is -1.46. The monoisotopic (exact) mass is 375 g/mol. The van der Waals surface area contributed by atoms with Crippen LogP contribution >= 0.6 is 0 Å². The lowest BCUT2D eigenvalue weighted by Crippen LogP contribution is -2.49. The van der Waals surface area contributed by atoms with Gasteiger partial charge in [-0.25, -0.2) is 4.39 Å². The summed E-state index contributed by atoms with van der Waals surface area (Å²) in [6.07, 6.45) is 6.50. The van der Waals surface area contributed by atoms with Gasteiger partial charge in [-0.2, -0.15) is 0 Å². The van der Waals surface area contributed by atoms with Crippen LogP contribution in [-0.2, 0) is 9.47 Å². The predicted molar refractivity (Wildman–Crippen MR) is 101 cm³/mol. The average molecular weight is 375 g/mol. The van der Waals surface area contributed by atoms with Crippen molar-refractivity contribution in [3.8, 4) is 0 Å². The van der Waals surface area contributed by atoms with Crippen LogP contribution in [0.4, 0.5) is 4.39 Å². The molecule has 148 valence electrons. The molecule has 1 aromatic rings. The highest BCUT2D eigenvalue weighted by Crippen LogP contribution is 2.42. The van der Waals surface area contributed by atoms with E-state index in [1.807, 2.05) is 4.90 Å². The summed E-state index contributed by atoms with van der Waals surface area (Å²) in [5.74, 6) is 0.927. The highest BCUT2D eigenvalue weighted by atomic mass is 19.1. The molecule has 27 heavy (non-hydrogen) atoms. The highest BCUT2D eigenvalue weighted by molar-refractivity contribution is 5.94. The van der Waals surface area contributed by atoms with Gasteiger partial charge < -0.3 is 14.4 Å². The Morgan fingerprint density at radius 1 is 1.30 bits per heavy atom. The van der Waals surface area contributed by atoms with Gasteiger partial charge in [0.25, 0.3) is 5.91 Å². The van der Waals surface area contributed by atoms with E-state index in [0.29, 0.717) is 30.1 Å². The van der Waals surface area contributed by atoms with E-state index >= 15 is 0 Å². The number of hydrogen-bond donors (Lipinski definition) is 0. The van der Waals surface area contributed by atoms with E-state index in [2.05, 4.69) is 0 Å². The maximum Gasteiger partial charge on any atom is 0.253 e. The molecule has 1 saturated carbocycles. The number of nitrogens with zero attached hydrogens (tertiary/aromatic N) is 1. The molecule has 4 nitrogen and oxygen atoms in total. The average Bonchev–Trinajstić information content (AvgIpc) is 3.43. The number of benzene rings is 1. The van der Waals surface area contributed by atoms with Crippen LogP contribution in [0.3, 0.4) is 0 Å². The van der Waals surface area contributed by atoms with Crippen molar-refractivity contribution in [2.24, 2.45) is 11.8 Å². The summed E-state index contributed by atoms with van der Waals surface area (Å²) in [5.41, 5.74) is 0.903. The van der Waals surface area contributed by atoms with Crippen molar-refractivity contribution in [2.45, 2.75) is 51.0 Å². The second-order valence-electron chi connectivity index (χ2n) is 8.46. The Morgan fingerprint density at radius 2 is 2.07 bits per heavy atom. The van der Waals surface area contributed by atoms with Crippen molar-refractivity contribution in [3.05, 3.63) is 35.1 Å². The third-order valence-electron chi connectivity index (χ3n) is 6.58. The Bertz CT molecular complexity index is 680. The van der Waals surface area contributed by atoms with Crippen molar-refractivity contribution in [1.82, 2.24) is 4.90 Å². The number of aryl methyl sites for hydroxylation is 1. The van der Waals surface area contributed by atoms with Crippen LogP contribution in [-0.4, -0.2) is 49.3 Å². The first-order chi connectivity index (χ1) is 13.1. The van der Waals surface area contributed by atoms with E-state index in [-0.39, 0.29) is 17.3 Å². The molecule has 1 aromatic carbocycles. The summed E-state index contributed by atoms with van der Waals surface area (Å²) < 4.78 is 25.8. The zero-order valence-electron chi connectivity index (χ0n) is 16.2. The van der Waals surface area contributed by atoms with Crippen LogP contribution in [0.2, 0.25) is 0 Å². The summed E-state index contributed by atoms with van der Waals surface area (Å²) in [7, 11) is 0. The van der Waals surface area contributed by atoms with Crippen LogP contribution in [0.25, 0.3) is 0 Å². The molecule has 1 amide bonds. The lowest BCUT2D eigenvalue weighted by molar-refractivity contribution is -0.0672. The molecule has 1 aliphatic carbocycles. The molecule has 3 aliphatic rings. The number of ether oxygens (including phenoxy) is 2. The van der Waals surface area contributed by atoms with Gasteiger partial charge in [0.05, 0.1) is 5.60 Å². The van der Waals surface area contributed by atoms with Crippen LogP contribution in [0, 0.1) is 24.6 Å². The minimum Gasteiger partial charge on any atom is -0.381 e. The fourth-order valence-electron chi connectivity index (χ4n) is 4.50. The maximum absolute atomic E-state index is 13.8. The molecule has 1 spiro atoms. The SMILES string of the molecule is Cc1ccc(C(=O)N2CCC3(CC2)OCC[C@@H]3CCOCC2CC2)cc1F. The number of likely N-dealkylation sites (tertiary alicyclic amines) is 1. The van der Waals surface area contributed by atoms with Crippen molar-refractivity contribution >= 4 is 5.91 Å². The first-order valence-electron chi connectivity index (χ1n) is 10.3. The first kappa shape index (κ1) is 18.9. The Balaban J connectivity index is 1.31. The predicted octanol–water partition coefficient (Wildman–Crippen LogP) is 3.96. The lowest BCUT2D eigenvalue weighted by atomic mass is 9.78. The number of carbonyl (C=O) groups excluding carboxylic acids is 1. The molecule has 4 rings (SSSR count). The highest BCUT2D eigenvalue weighted by Gasteiger charge is 2.46. The fourth-order valence-corrected chi connectivity index (χ4v) is 4.50. The van der Waals surface area contributed by atoms with Gasteiger partial charge >= 0.3 is 0 Å². The van der Waals surface area contributed by atoms with Crippen molar-refractivity contribution in [3.63, 3.8) is 0 Å². The van der Waals surface area contributed by atoms with Gasteiger partial charge in [0.15, 0.2) is 0 Å². The van der Waals surface area contributed by atoms with Crippen LogP contribution in [0.1, 0.15) is 54.4 Å². The molecule has 1 atom stereocenters. The zero-order chi connectivity index (χ0) is 18.9. The van der Waals surface area contributed by atoms with Gasteiger partial charge in [0.1, 0.15) is 5.82 Å². The smallest absolute Gasteiger partial charge is 0.253 e. The molecular formula is C22H30FNO3. The second kappa shape index (κ2) is 7.88. The minimum absolute atomic E-state index is 0.0777. The molecule has 2 saturated heterocycles. The standard InChI is InChI=1S/C22H30FNO3/c1-16-2-5-18(14-20(16)23)21(25)24-10-8-22(9-11-24)19(7-13-27-22)6-12-26-15-17-3-4-17/h2,5,14,17,19H,3-4,6-13,15H2,1H3/t19-/m0/s1. The zero-order valence-corrected chi connectivity index (χ0v) is 16.2. The van der Waals surface area contributed by atoms with E-state index in [9.17, 15) is 9.18 Å². The molecule has 0 unspecified atom stereocenters. The fraction of sp³-hybridized carbons (Fsp3) is 0.682. The van der Waals surface area contributed by atoms with Gasteiger partial charge in [0, 0.05) is 38.5 Å². The summed E-state index contributed by atoms with van der Waals surface area (Å²) in [5, 5.41) is 0. The number of carbonyl (C=O) groups is 1. The minimum atomic E-state index is -0.320. The molecule has 0 radical (unpaired) electrons. The van der Waals surface area contributed by atoms with E-state index < -0.39 is 0 Å². The Labute approximate surface area is 161 Å². The number of halogens is 1. The molecular weight excluding hydrogens is 345 g/mol. The van der Waals surface area contributed by atoms with Gasteiger partial charge in [0.2, 0.25) is 0 Å². The van der Waals surface area contributed by atoms with Gasteiger partial charge in [-0.3, -0.25) is 4.79 Å². The number of hydrogen-bond acceptors (Lipinski definition) is 3.